The van der Waals surface area contributed by atoms with E-state index in [1.165, 1.54) is 24.3 Å². The second kappa shape index (κ2) is 8.37. The fraction of sp³-hybridized carbons (Fsp3) is 0.222. The Balaban J connectivity index is 1.50. The zero-order chi connectivity index (χ0) is 19.2. The Morgan fingerprint density at radius 2 is 1.89 bits per heavy atom. The van der Waals surface area contributed by atoms with Crippen molar-refractivity contribution in [3.05, 3.63) is 70.4 Å². The van der Waals surface area contributed by atoms with Crippen LogP contribution in [0.5, 0.6) is 5.75 Å². The van der Waals surface area contributed by atoms with Crippen LogP contribution in [0, 0.1) is 15.9 Å². The van der Waals surface area contributed by atoms with Crippen LogP contribution in [-0.2, 0) is 6.54 Å². The second-order valence-corrected chi connectivity index (χ2v) is 5.86. The molecular formula is C18H17FN4O4. The minimum atomic E-state index is -0.464. The fourth-order valence-electron chi connectivity index (χ4n) is 2.33. The van der Waals surface area contributed by atoms with Crippen molar-refractivity contribution < 1.29 is 18.6 Å². The molecule has 0 bridgehead atoms. The molecule has 27 heavy (non-hydrogen) atoms. The number of benzene rings is 2. The molecule has 0 spiro atoms. The van der Waals surface area contributed by atoms with E-state index in [0.29, 0.717) is 42.7 Å². The fourth-order valence-corrected chi connectivity index (χ4v) is 2.33. The lowest BCUT2D eigenvalue weighted by Gasteiger charge is -2.14. The molecule has 0 unspecified atom stereocenters. The van der Waals surface area contributed by atoms with Gasteiger partial charge < -0.3 is 9.26 Å². The molecule has 0 aliphatic carbocycles. The highest BCUT2D eigenvalue weighted by Gasteiger charge is 2.12. The van der Waals surface area contributed by atoms with E-state index in [0.717, 1.165) is 0 Å². The standard InChI is InChI=1S/C18H17FN4O4/c1-22(10-11-26-16-8-4-14(19)5-9-16)12-17-20-18(21-27-17)13-2-6-15(7-3-13)23(24)25/h2-9H,10-12H2,1H3. The number of hydrogen-bond acceptors (Lipinski definition) is 7. The lowest BCUT2D eigenvalue weighted by Crippen LogP contribution is -2.24. The number of hydrogen-bond donors (Lipinski definition) is 0. The van der Waals surface area contributed by atoms with Crippen molar-refractivity contribution in [3.63, 3.8) is 0 Å². The van der Waals surface area contributed by atoms with Crippen molar-refractivity contribution >= 4 is 5.69 Å². The minimum Gasteiger partial charge on any atom is -0.492 e. The summed E-state index contributed by atoms with van der Waals surface area (Å²) in [7, 11) is 1.88. The van der Waals surface area contributed by atoms with Gasteiger partial charge in [-0.25, -0.2) is 4.39 Å². The molecule has 0 aliphatic heterocycles. The summed E-state index contributed by atoms with van der Waals surface area (Å²) in [4.78, 5) is 16.5. The Hall–Kier alpha value is -3.33. The number of aromatic nitrogens is 2. The summed E-state index contributed by atoms with van der Waals surface area (Å²) in [6, 6.07) is 11.8. The SMILES string of the molecule is CN(CCOc1ccc(F)cc1)Cc1nc(-c2ccc([N+](=O)[O-])cc2)no1. The number of rotatable bonds is 8. The molecule has 3 rings (SSSR count). The van der Waals surface area contributed by atoms with Gasteiger partial charge in [-0.2, -0.15) is 4.98 Å². The van der Waals surface area contributed by atoms with E-state index in [2.05, 4.69) is 10.1 Å². The zero-order valence-corrected chi connectivity index (χ0v) is 14.5. The van der Waals surface area contributed by atoms with Gasteiger partial charge in [-0.3, -0.25) is 15.0 Å². The van der Waals surface area contributed by atoms with Crippen LogP contribution in [0.4, 0.5) is 10.1 Å². The van der Waals surface area contributed by atoms with Crippen molar-refractivity contribution in [3.8, 4) is 17.1 Å². The largest absolute Gasteiger partial charge is 0.492 e. The first kappa shape index (κ1) is 18.5. The molecule has 9 heteroatoms. The second-order valence-electron chi connectivity index (χ2n) is 5.86. The summed E-state index contributed by atoms with van der Waals surface area (Å²) < 4.78 is 23.6. The van der Waals surface area contributed by atoms with Gasteiger partial charge in [0, 0.05) is 24.2 Å². The van der Waals surface area contributed by atoms with Crippen molar-refractivity contribution in [2.24, 2.45) is 0 Å². The Morgan fingerprint density at radius 3 is 2.56 bits per heavy atom. The van der Waals surface area contributed by atoms with E-state index in [9.17, 15) is 14.5 Å². The van der Waals surface area contributed by atoms with Crippen molar-refractivity contribution in [1.82, 2.24) is 15.0 Å². The van der Waals surface area contributed by atoms with Gasteiger partial charge in [-0.05, 0) is 43.4 Å². The molecule has 0 radical (unpaired) electrons. The van der Waals surface area contributed by atoms with E-state index in [1.54, 1.807) is 24.3 Å². The minimum absolute atomic E-state index is 0.00311. The Bertz CT molecular complexity index is 896. The van der Waals surface area contributed by atoms with Crippen molar-refractivity contribution in [2.75, 3.05) is 20.2 Å². The van der Waals surface area contributed by atoms with Crippen LogP contribution >= 0.6 is 0 Å². The average Bonchev–Trinajstić information content (AvgIpc) is 3.12. The number of likely N-dealkylation sites (N-methyl/N-ethyl adjacent to an activating group) is 1. The highest BCUT2D eigenvalue weighted by atomic mass is 19.1. The first-order chi connectivity index (χ1) is 13.0. The van der Waals surface area contributed by atoms with Gasteiger partial charge in [0.25, 0.3) is 5.69 Å². The summed E-state index contributed by atoms with van der Waals surface area (Å²) in [6.07, 6.45) is 0. The van der Waals surface area contributed by atoms with Gasteiger partial charge in [-0.1, -0.05) is 5.16 Å². The van der Waals surface area contributed by atoms with Gasteiger partial charge in [-0.15, -0.1) is 0 Å². The summed E-state index contributed by atoms with van der Waals surface area (Å²) in [5.74, 6) is 1.09. The summed E-state index contributed by atoms with van der Waals surface area (Å²) in [6.45, 7) is 1.45. The molecule has 0 atom stereocenters. The zero-order valence-electron chi connectivity index (χ0n) is 14.5. The number of ether oxygens (including phenoxy) is 1. The molecule has 0 saturated heterocycles. The predicted octanol–water partition coefficient (Wildman–Crippen LogP) is 3.29. The van der Waals surface area contributed by atoms with E-state index in [1.807, 2.05) is 11.9 Å². The maximum Gasteiger partial charge on any atom is 0.269 e. The Morgan fingerprint density at radius 1 is 1.19 bits per heavy atom. The molecule has 2 aromatic carbocycles. The molecule has 0 N–H and O–H groups in total. The van der Waals surface area contributed by atoms with Gasteiger partial charge in [0.05, 0.1) is 11.5 Å². The van der Waals surface area contributed by atoms with Crippen LogP contribution in [0.15, 0.2) is 53.1 Å². The van der Waals surface area contributed by atoms with E-state index >= 15 is 0 Å². The molecule has 0 amide bonds. The molecular weight excluding hydrogens is 355 g/mol. The maximum absolute atomic E-state index is 12.8. The predicted molar refractivity (Wildman–Crippen MR) is 94.6 cm³/mol. The smallest absolute Gasteiger partial charge is 0.269 e. The first-order valence-electron chi connectivity index (χ1n) is 8.15. The van der Waals surface area contributed by atoms with Crippen molar-refractivity contribution in [1.29, 1.82) is 0 Å². The van der Waals surface area contributed by atoms with Crippen molar-refractivity contribution in [2.45, 2.75) is 6.54 Å². The Labute approximate surface area is 154 Å². The number of non-ortho nitro benzene ring substituents is 1. The third-order valence-corrected chi connectivity index (χ3v) is 3.76. The normalized spacial score (nSPS) is 10.9. The van der Waals surface area contributed by atoms with Gasteiger partial charge >= 0.3 is 0 Å². The van der Waals surface area contributed by atoms with Gasteiger partial charge in [0.1, 0.15) is 18.2 Å². The Kier molecular flexibility index (Phi) is 5.72. The molecule has 140 valence electrons. The van der Waals surface area contributed by atoms with E-state index in [4.69, 9.17) is 9.26 Å². The molecule has 8 nitrogen and oxygen atoms in total. The third kappa shape index (κ3) is 5.08. The topological polar surface area (TPSA) is 94.5 Å². The highest BCUT2D eigenvalue weighted by molar-refractivity contribution is 5.56. The van der Waals surface area contributed by atoms with E-state index < -0.39 is 4.92 Å². The molecule has 1 heterocycles. The number of nitro groups is 1. The maximum atomic E-state index is 12.8. The number of nitro benzene ring substituents is 1. The van der Waals surface area contributed by atoms with Gasteiger partial charge in [0.2, 0.25) is 11.7 Å². The monoisotopic (exact) mass is 372 g/mol. The van der Waals surface area contributed by atoms with E-state index in [-0.39, 0.29) is 11.5 Å². The lowest BCUT2D eigenvalue weighted by atomic mass is 10.2. The number of halogens is 1. The molecule has 0 aliphatic rings. The van der Waals surface area contributed by atoms with Crippen LogP contribution in [0.25, 0.3) is 11.4 Å². The molecule has 0 fully saturated rings. The van der Waals surface area contributed by atoms with Crippen LogP contribution in [0.2, 0.25) is 0 Å². The lowest BCUT2D eigenvalue weighted by molar-refractivity contribution is -0.384. The average molecular weight is 372 g/mol. The van der Waals surface area contributed by atoms with Crippen LogP contribution in [-0.4, -0.2) is 40.2 Å². The number of nitrogens with zero attached hydrogens (tertiary/aromatic N) is 4. The summed E-state index contributed by atoms with van der Waals surface area (Å²) in [5.41, 5.74) is 0.640. The highest BCUT2D eigenvalue weighted by Crippen LogP contribution is 2.20. The molecule has 1 aromatic heterocycles. The third-order valence-electron chi connectivity index (χ3n) is 3.76. The van der Waals surface area contributed by atoms with Crippen LogP contribution < -0.4 is 4.74 Å². The quantitative estimate of drug-likeness (QED) is 0.442. The molecule has 0 saturated carbocycles. The molecule has 3 aromatic rings. The summed E-state index contributed by atoms with van der Waals surface area (Å²) >= 11 is 0. The first-order valence-corrected chi connectivity index (χ1v) is 8.15. The summed E-state index contributed by atoms with van der Waals surface area (Å²) in [5, 5.41) is 14.6. The van der Waals surface area contributed by atoms with Gasteiger partial charge in [0.15, 0.2) is 0 Å². The van der Waals surface area contributed by atoms with Crippen LogP contribution in [0.1, 0.15) is 5.89 Å². The van der Waals surface area contributed by atoms with Crippen LogP contribution in [0.3, 0.4) is 0 Å².